The Morgan fingerprint density at radius 1 is 1.02 bits per heavy atom. The van der Waals surface area contributed by atoms with Gasteiger partial charge in [0.25, 0.3) is 6.47 Å². The van der Waals surface area contributed by atoms with Gasteiger partial charge < -0.3 is 39.5 Å². The van der Waals surface area contributed by atoms with Crippen molar-refractivity contribution in [1.29, 1.82) is 0 Å². The van der Waals surface area contributed by atoms with Crippen LogP contribution in [-0.4, -0.2) is 84.8 Å². The van der Waals surface area contributed by atoms with Crippen molar-refractivity contribution in [2.24, 2.45) is 10.3 Å². The summed E-state index contributed by atoms with van der Waals surface area (Å²) in [5, 5.41) is 22.6. The van der Waals surface area contributed by atoms with E-state index in [9.17, 15) is 9.59 Å². The van der Waals surface area contributed by atoms with E-state index in [1.165, 1.54) is 5.57 Å². The fourth-order valence-corrected chi connectivity index (χ4v) is 4.08. The summed E-state index contributed by atoms with van der Waals surface area (Å²) < 4.78 is 11.8. The molecule has 2 fully saturated rings. The van der Waals surface area contributed by atoms with E-state index in [4.69, 9.17) is 29.6 Å². The van der Waals surface area contributed by atoms with Crippen LogP contribution in [0, 0.1) is 0 Å². The van der Waals surface area contributed by atoms with Crippen molar-refractivity contribution < 1.29 is 73.6 Å². The number of likely N-dealkylation sites (tertiary alicyclic amines) is 2. The van der Waals surface area contributed by atoms with Crippen LogP contribution in [0.4, 0.5) is 9.59 Å². The van der Waals surface area contributed by atoms with Gasteiger partial charge in [-0.1, -0.05) is 22.5 Å². The topological polar surface area (TPSA) is 163 Å². The smallest absolute Gasteiger partial charge is 0.662 e. The molecule has 236 valence electrons. The van der Waals surface area contributed by atoms with Crippen molar-refractivity contribution in [1.82, 2.24) is 9.80 Å². The summed E-state index contributed by atoms with van der Waals surface area (Å²) >= 11 is 8.93. The first-order valence-corrected chi connectivity index (χ1v) is 15.0. The minimum atomic E-state index is -0.442. The molecular formula is C25H40Br3N4NaO9. The van der Waals surface area contributed by atoms with Crippen molar-refractivity contribution in [3.8, 4) is 0 Å². The van der Waals surface area contributed by atoms with Gasteiger partial charge in [-0.25, -0.2) is 9.59 Å². The van der Waals surface area contributed by atoms with Gasteiger partial charge in [-0.3, -0.25) is 4.79 Å². The second kappa shape index (κ2) is 20.9. The zero-order valence-corrected chi connectivity index (χ0v) is 32.0. The van der Waals surface area contributed by atoms with E-state index in [1.807, 2.05) is 41.5 Å². The molecule has 0 aromatic heterocycles. The van der Waals surface area contributed by atoms with Crippen LogP contribution in [0.2, 0.25) is 0 Å². The molecule has 3 aliphatic heterocycles. The number of ether oxygens (including phenoxy) is 2. The molecule has 13 nitrogen and oxygen atoms in total. The first-order valence-electron chi connectivity index (χ1n) is 12.7. The Kier molecular flexibility index (Phi) is 21.5. The molecule has 0 atom stereocenters. The fraction of sp³-hybridized carbons (Fsp3) is 0.720. The number of hydrogen-bond acceptors (Lipinski definition) is 11. The summed E-state index contributed by atoms with van der Waals surface area (Å²) in [7, 11) is 0. The van der Waals surface area contributed by atoms with Gasteiger partial charge in [0.05, 0.1) is 0 Å². The summed E-state index contributed by atoms with van der Waals surface area (Å²) in [4.78, 5) is 43.7. The number of carbonyl (C=O) groups excluding carboxylic acids is 3. The molecule has 2 amide bonds. The molecule has 17 heteroatoms. The van der Waals surface area contributed by atoms with Gasteiger partial charge in [0.15, 0.2) is 3.53 Å². The van der Waals surface area contributed by atoms with Crippen LogP contribution in [0.15, 0.2) is 22.5 Å². The average molecular weight is 803 g/mol. The average Bonchev–Trinajstić information content (AvgIpc) is 3.23. The molecule has 0 aliphatic carbocycles. The number of halogens is 3. The minimum Gasteiger partial charge on any atom is -0.662 e. The third kappa shape index (κ3) is 20.1. The molecule has 3 heterocycles. The normalized spacial score (nSPS) is 17.1. The Morgan fingerprint density at radius 3 is 1.69 bits per heavy atom. The molecule has 3 rings (SSSR count). The van der Waals surface area contributed by atoms with Gasteiger partial charge in [-0.2, -0.15) is 0 Å². The largest absolute Gasteiger partial charge is 1.00 e. The van der Waals surface area contributed by atoms with Crippen LogP contribution in [0.25, 0.3) is 0 Å². The molecule has 0 bridgehead atoms. The van der Waals surface area contributed by atoms with Gasteiger partial charge in [-0.15, -0.1) is 0 Å². The Bertz CT molecular complexity index is 919. The predicted octanol–water partition coefficient (Wildman–Crippen LogP) is 2.42. The van der Waals surface area contributed by atoms with Crippen LogP contribution in [0.3, 0.4) is 0 Å². The summed E-state index contributed by atoms with van der Waals surface area (Å²) in [6, 6.07) is 0. The third-order valence-electron chi connectivity index (χ3n) is 5.37. The number of nitrogens with zero attached hydrogens (tertiary/aromatic N) is 4. The van der Waals surface area contributed by atoms with Crippen molar-refractivity contribution in [2.45, 2.75) is 90.4 Å². The molecule has 0 aromatic carbocycles. The number of piperidine rings is 2. The maximum Gasteiger partial charge on any atom is 1.00 e. The SMILES string of the molecule is C=C1CCN(C(=O)OC(C)(C)C)CC1.CC(C)(C)OC(=O)N1CCC2(CC1)CC(Br)=NO2.O=CO[O-].ON=C(Br)Br.[Na+]. The van der Waals surface area contributed by atoms with Crippen LogP contribution < -0.4 is 34.8 Å². The summed E-state index contributed by atoms with van der Waals surface area (Å²) in [6.45, 7) is 17.8. The van der Waals surface area contributed by atoms with Gasteiger partial charge in [0.2, 0.25) is 0 Å². The summed E-state index contributed by atoms with van der Waals surface area (Å²) in [6.07, 6.45) is 3.75. The maximum absolute atomic E-state index is 11.9. The molecule has 2 saturated heterocycles. The van der Waals surface area contributed by atoms with Crippen LogP contribution in [-0.2, 0) is 24.0 Å². The van der Waals surface area contributed by atoms with Crippen molar-refractivity contribution in [3.05, 3.63) is 12.2 Å². The zero-order chi connectivity index (χ0) is 31.9. The molecule has 0 unspecified atom stereocenters. The van der Waals surface area contributed by atoms with E-state index in [0.717, 1.165) is 49.8 Å². The van der Waals surface area contributed by atoms with Crippen LogP contribution in [0.5, 0.6) is 0 Å². The summed E-state index contributed by atoms with van der Waals surface area (Å²) in [5.41, 5.74) is 0.176. The van der Waals surface area contributed by atoms with Crippen molar-refractivity contribution in [3.63, 3.8) is 0 Å². The monoisotopic (exact) mass is 800 g/mol. The Hall–Kier alpha value is -0.910. The second-order valence-electron chi connectivity index (χ2n) is 11.1. The van der Waals surface area contributed by atoms with Gasteiger partial charge in [0, 0.05) is 45.4 Å². The van der Waals surface area contributed by atoms with E-state index in [1.54, 1.807) is 9.80 Å². The molecule has 1 N–H and O–H groups in total. The van der Waals surface area contributed by atoms with E-state index < -0.39 is 11.2 Å². The number of oxime groups is 2. The fourth-order valence-electron chi connectivity index (χ4n) is 3.50. The number of carbonyl (C=O) groups is 3. The maximum atomic E-state index is 11.9. The van der Waals surface area contributed by atoms with E-state index in [0.29, 0.717) is 16.6 Å². The molecule has 1 spiro atoms. The van der Waals surface area contributed by atoms with E-state index in [2.05, 4.69) is 69.6 Å². The number of amides is 2. The first-order chi connectivity index (χ1) is 18.9. The molecule has 42 heavy (non-hydrogen) atoms. The van der Waals surface area contributed by atoms with E-state index >= 15 is 0 Å². The molecular weight excluding hydrogens is 763 g/mol. The molecule has 3 aliphatic rings. The number of hydrogen-bond donors (Lipinski definition) is 1. The molecule has 0 radical (unpaired) electrons. The number of rotatable bonds is 1. The van der Waals surface area contributed by atoms with Gasteiger partial charge in [-0.05, 0) is 102 Å². The Labute approximate surface area is 294 Å². The Balaban J connectivity index is 0. The van der Waals surface area contributed by atoms with Crippen LogP contribution in [0.1, 0.15) is 73.6 Å². The summed E-state index contributed by atoms with van der Waals surface area (Å²) in [5.74, 6) is 0. The Morgan fingerprint density at radius 2 is 1.40 bits per heavy atom. The van der Waals surface area contributed by atoms with Gasteiger partial charge >= 0.3 is 41.7 Å². The predicted molar refractivity (Wildman–Crippen MR) is 162 cm³/mol. The van der Waals surface area contributed by atoms with Crippen molar-refractivity contribution in [2.75, 3.05) is 26.2 Å². The standard InChI is InChI=1S/C12H19BrN2O3.C11H19NO2.CHBr2NO.CH2O3.Na/c1-11(2,3)17-10(16)15-6-4-12(5-7-15)8-9(13)14-18-12;1-9-5-7-12(8-6-9)10(13)14-11(2,3)4;2-1(3)4-5;2-1-4-3;/h4-8H2,1-3H3;1,5-8H2,2-4H3;5H;1,3H;/q;;;;+1/p-1. The zero-order valence-electron chi connectivity index (χ0n) is 25.3. The molecule has 0 aromatic rings. The van der Waals surface area contributed by atoms with Gasteiger partial charge in [0.1, 0.15) is 21.4 Å². The van der Waals surface area contributed by atoms with E-state index in [-0.39, 0.29) is 53.8 Å². The third-order valence-corrected chi connectivity index (χ3v) is 6.11. The molecule has 0 saturated carbocycles. The van der Waals surface area contributed by atoms with Crippen molar-refractivity contribution >= 4 is 74.6 Å². The first kappa shape index (κ1) is 43.2. The van der Waals surface area contributed by atoms with Crippen LogP contribution >= 0.6 is 47.8 Å². The second-order valence-corrected chi connectivity index (χ2v) is 14.6. The minimum absolute atomic E-state index is 0. The quantitative estimate of drug-likeness (QED) is 0.0799.